The highest BCUT2D eigenvalue weighted by Crippen LogP contribution is 2.21. The van der Waals surface area contributed by atoms with Crippen LogP contribution >= 0.6 is 0 Å². The largest absolute Gasteiger partial charge is 0.303 e. The molecule has 0 radical (unpaired) electrons. The van der Waals surface area contributed by atoms with Crippen LogP contribution in [0.3, 0.4) is 0 Å². The summed E-state index contributed by atoms with van der Waals surface area (Å²) in [6.07, 6.45) is 14.7. The maximum atomic E-state index is 4.49. The lowest BCUT2D eigenvalue weighted by Gasteiger charge is -2.17. The van der Waals surface area contributed by atoms with Gasteiger partial charge in [-0.15, -0.1) is 10.2 Å². The maximum Gasteiger partial charge on any atom is 0.177 e. The quantitative estimate of drug-likeness (QED) is 0.281. The summed E-state index contributed by atoms with van der Waals surface area (Å²) in [5, 5.41) is 16.0. The first-order valence-corrected chi connectivity index (χ1v) is 12.0. The molecule has 2 N–H and O–H groups in total. The Balaban J connectivity index is 1.47. The zero-order valence-electron chi connectivity index (χ0n) is 18.9. The molecule has 30 heavy (non-hydrogen) atoms. The van der Waals surface area contributed by atoms with Crippen molar-refractivity contribution in [2.24, 2.45) is 0 Å². The number of hydrogen-bond donors (Lipinski definition) is 2. The number of nitrogens with one attached hydrogen (secondary N) is 2. The molecule has 0 spiro atoms. The van der Waals surface area contributed by atoms with E-state index in [0.29, 0.717) is 0 Å². The zero-order chi connectivity index (χ0) is 21.0. The van der Waals surface area contributed by atoms with Crippen molar-refractivity contribution < 1.29 is 0 Å². The van der Waals surface area contributed by atoms with Crippen molar-refractivity contribution in [3.05, 3.63) is 53.5 Å². The molecule has 0 amide bonds. The second-order valence-electron chi connectivity index (χ2n) is 8.58. The molecule has 3 rings (SSSR count). The average Bonchev–Trinajstić information content (AvgIpc) is 3.31. The Morgan fingerprint density at radius 1 is 0.900 bits per heavy atom. The van der Waals surface area contributed by atoms with Gasteiger partial charge in [0.05, 0.1) is 6.04 Å². The van der Waals surface area contributed by atoms with Gasteiger partial charge in [0.2, 0.25) is 0 Å². The van der Waals surface area contributed by atoms with Crippen molar-refractivity contribution in [3.63, 3.8) is 0 Å². The van der Waals surface area contributed by atoms with E-state index in [-0.39, 0.29) is 6.04 Å². The standard InChI is InChI=1S/C25H39N5/c1-3-4-5-6-7-8-9-10-11-15-18-23(26-20-22-16-13-12-14-17-22)25-28-27-24-19-21(2)29-30(24)25/h12-14,16-17,19,23,26,29H,3-11,15,18,20H2,1-2H3. The van der Waals surface area contributed by atoms with Crippen LogP contribution in [0.4, 0.5) is 0 Å². The molecule has 0 aliphatic rings. The molecule has 5 heteroatoms. The number of rotatable bonds is 15. The fraction of sp³-hybridized carbons (Fsp3) is 0.600. The predicted molar refractivity (Wildman–Crippen MR) is 125 cm³/mol. The molecule has 0 aliphatic heterocycles. The van der Waals surface area contributed by atoms with Gasteiger partial charge in [-0.3, -0.25) is 5.10 Å². The first-order valence-electron chi connectivity index (χ1n) is 12.0. The van der Waals surface area contributed by atoms with Crippen molar-refractivity contribution in [2.45, 2.75) is 97.1 Å². The molecule has 1 aromatic carbocycles. The van der Waals surface area contributed by atoms with Crippen LogP contribution in [0.2, 0.25) is 0 Å². The lowest BCUT2D eigenvalue weighted by atomic mass is 10.0. The van der Waals surface area contributed by atoms with Gasteiger partial charge < -0.3 is 5.32 Å². The molecule has 5 nitrogen and oxygen atoms in total. The normalized spacial score (nSPS) is 12.6. The zero-order valence-corrected chi connectivity index (χ0v) is 18.9. The highest BCUT2D eigenvalue weighted by Gasteiger charge is 2.18. The maximum absolute atomic E-state index is 4.49. The van der Waals surface area contributed by atoms with E-state index in [4.69, 9.17) is 0 Å². The number of hydrogen-bond acceptors (Lipinski definition) is 3. The van der Waals surface area contributed by atoms with Gasteiger partial charge in [-0.2, -0.15) is 0 Å². The summed E-state index contributed by atoms with van der Waals surface area (Å²) >= 11 is 0. The topological polar surface area (TPSA) is 58.0 Å². The van der Waals surface area contributed by atoms with Crippen molar-refractivity contribution in [2.75, 3.05) is 0 Å². The number of H-pyrrole nitrogens is 1. The third-order valence-electron chi connectivity index (χ3n) is 5.90. The molecule has 0 aliphatic carbocycles. The Hall–Kier alpha value is -2.14. The number of unbranched alkanes of at least 4 members (excludes halogenated alkanes) is 9. The fourth-order valence-electron chi connectivity index (χ4n) is 4.14. The molecule has 0 saturated carbocycles. The summed E-state index contributed by atoms with van der Waals surface area (Å²) in [5.74, 6) is 0.991. The first-order chi connectivity index (χ1) is 14.8. The van der Waals surface area contributed by atoms with Crippen molar-refractivity contribution >= 4 is 5.65 Å². The van der Waals surface area contributed by atoms with E-state index in [1.807, 2.05) is 10.6 Å². The molecule has 3 aromatic rings. The number of benzene rings is 1. The third-order valence-corrected chi connectivity index (χ3v) is 5.90. The summed E-state index contributed by atoms with van der Waals surface area (Å²) < 4.78 is 2.04. The van der Waals surface area contributed by atoms with Gasteiger partial charge in [-0.1, -0.05) is 101 Å². The number of aryl methyl sites for hydroxylation is 1. The second kappa shape index (κ2) is 12.5. The van der Waals surface area contributed by atoms with Crippen molar-refractivity contribution in [1.29, 1.82) is 0 Å². The molecular weight excluding hydrogens is 370 g/mol. The van der Waals surface area contributed by atoms with Gasteiger partial charge in [0, 0.05) is 18.3 Å². The minimum atomic E-state index is 0.201. The Labute approximate surface area is 181 Å². The lowest BCUT2D eigenvalue weighted by molar-refractivity contribution is 0.439. The number of fused-ring (bicyclic) bond motifs is 1. The van der Waals surface area contributed by atoms with Crippen LogP contribution in [0.15, 0.2) is 36.4 Å². The van der Waals surface area contributed by atoms with Gasteiger partial charge in [0.1, 0.15) is 0 Å². The number of aromatic amines is 1. The van der Waals surface area contributed by atoms with E-state index >= 15 is 0 Å². The van der Waals surface area contributed by atoms with Crippen LogP contribution in [0.5, 0.6) is 0 Å². The van der Waals surface area contributed by atoms with E-state index in [2.05, 4.69) is 64.8 Å². The van der Waals surface area contributed by atoms with E-state index in [1.54, 1.807) is 0 Å². The molecule has 1 unspecified atom stereocenters. The molecule has 1 atom stereocenters. The minimum absolute atomic E-state index is 0.201. The monoisotopic (exact) mass is 409 g/mol. The summed E-state index contributed by atoms with van der Waals surface area (Å²) in [6.45, 7) is 5.19. The first kappa shape index (κ1) is 22.5. The highest BCUT2D eigenvalue weighted by atomic mass is 15.4. The van der Waals surface area contributed by atoms with Gasteiger partial charge >= 0.3 is 0 Å². The SMILES string of the molecule is CCCCCCCCCCCCC(NCc1ccccc1)c1nnc2cc(C)[nH]n12. The summed E-state index contributed by atoms with van der Waals surface area (Å²) in [4.78, 5) is 0. The van der Waals surface area contributed by atoms with Gasteiger partial charge in [-0.25, -0.2) is 4.52 Å². The molecule has 0 saturated heterocycles. The van der Waals surface area contributed by atoms with Crippen LogP contribution in [0, 0.1) is 6.92 Å². The van der Waals surface area contributed by atoms with E-state index in [1.165, 1.54) is 69.8 Å². The van der Waals surface area contributed by atoms with Crippen LogP contribution in [-0.4, -0.2) is 19.8 Å². The van der Waals surface area contributed by atoms with Crippen LogP contribution < -0.4 is 5.32 Å². The molecule has 2 heterocycles. The van der Waals surface area contributed by atoms with Crippen LogP contribution in [-0.2, 0) is 6.54 Å². The third kappa shape index (κ3) is 6.98. The van der Waals surface area contributed by atoms with Gasteiger partial charge in [-0.05, 0) is 18.9 Å². The molecular formula is C25H39N5. The molecule has 0 bridgehead atoms. The molecule has 0 fully saturated rings. The van der Waals surface area contributed by atoms with E-state index < -0.39 is 0 Å². The van der Waals surface area contributed by atoms with Crippen molar-refractivity contribution in [3.8, 4) is 0 Å². The Morgan fingerprint density at radius 2 is 1.57 bits per heavy atom. The summed E-state index contributed by atoms with van der Waals surface area (Å²) in [5.41, 5.74) is 3.31. The summed E-state index contributed by atoms with van der Waals surface area (Å²) in [6, 6.07) is 12.8. The smallest absolute Gasteiger partial charge is 0.177 e. The number of aromatic nitrogens is 4. The van der Waals surface area contributed by atoms with Crippen molar-refractivity contribution in [1.82, 2.24) is 25.1 Å². The van der Waals surface area contributed by atoms with Gasteiger partial charge in [0.25, 0.3) is 0 Å². The second-order valence-corrected chi connectivity index (χ2v) is 8.58. The highest BCUT2D eigenvalue weighted by molar-refractivity contribution is 5.38. The van der Waals surface area contributed by atoms with E-state index in [9.17, 15) is 0 Å². The average molecular weight is 410 g/mol. The van der Waals surface area contributed by atoms with Crippen LogP contribution in [0.25, 0.3) is 5.65 Å². The Morgan fingerprint density at radius 3 is 2.27 bits per heavy atom. The summed E-state index contributed by atoms with van der Waals surface area (Å²) in [7, 11) is 0. The lowest BCUT2D eigenvalue weighted by Crippen LogP contribution is -2.23. The van der Waals surface area contributed by atoms with Gasteiger partial charge in [0.15, 0.2) is 11.5 Å². The Bertz CT molecular complexity index is 836. The molecule has 2 aromatic heterocycles. The van der Waals surface area contributed by atoms with Crippen LogP contribution in [0.1, 0.15) is 101 Å². The Kier molecular flexibility index (Phi) is 9.42. The number of nitrogens with zero attached hydrogens (tertiary/aromatic N) is 3. The predicted octanol–water partition coefficient (Wildman–Crippen LogP) is 6.51. The molecule has 164 valence electrons. The van der Waals surface area contributed by atoms with E-state index in [0.717, 1.165) is 30.1 Å². The fourth-order valence-corrected chi connectivity index (χ4v) is 4.14. The minimum Gasteiger partial charge on any atom is -0.303 e.